The molecule has 0 unspecified atom stereocenters. The zero-order valence-corrected chi connectivity index (χ0v) is 7.89. The zero-order valence-electron chi connectivity index (χ0n) is 7.89. The molecule has 1 heteroatoms. The van der Waals surface area contributed by atoms with Crippen LogP contribution in [-0.4, -0.2) is 5.78 Å². The van der Waals surface area contributed by atoms with Gasteiger partial charge in [0.1, 0.15) is 5.78 Å². The van der Waals surface area contributed by atoms with E-state index < -0.39 is 0 Å². The lowest BCUT2D eigenvalue weighted by molar-refractivity contribution is -0.125. The number of hydrogen-bond acceptors (Lipinski definition) is 1. The molecule has 12 heavy (non-hydrogen) atoms. The summed E-state index contributed by atoms with van der Waals surface area (Å²) in [5.41, 5.74) is -0.105. The molecule has 1 rings (SSSR count). The summed E-state index contributed by atoms with van der Waals surface area (Å²) < 4.78 is 0. The molecule has 0 aromatic heterocycles. The van der Waals surface area contributed by atoms with Crippen molar-refractivity contribution < 1.29 is 4.79 Å². The fourth-order valence-electron chi connectivity index (χ4n) is 2.11. The van der Waals surface area contributed by atoms with Crippen molar-refractivity contribution in [3.63, 3.8) is 0 Å². The van der Waals surface area contributed by atoms with E-state index in [0.717, 1.165) is 25.7 Å². The smallest absolute Gasteiger partial charge is 0.139 e. The molecule has 66 valence electrons. The maximum atomic E-state index is 11.5. The number of rotatable bonds is 2. The SMILES string of the molecule is C#CCC[C@@]1(C)C[C@H](C)CC1=O. The third-order valence-electron chi connectivity index (χ3n) is 2.83. The van der Waals surface area contributed by atoms with Crippen LogP contribution in [0.2, 0.25) is 0 Å². The van der Waals surface area contributed by atoms with Crippen LogP contribution in [0.3, 0.4) is 0 Å². The van der Waals surface area contributed by atoms with E-state index in [1.54, 1.807) is 0 Å². The first-order valence-electron chi connectivity index (χ1n) is 4.55. The quantitative estimate of drug-likeness (QED) is 0.573. The number of hydrogen-bond donors (Lipinski definition) is 0. The summed E-state index contributed by atoms with van der Waals surface area (Å²) in [5.74, 6) is 3.57. The molecule has 0 N–H and O–H groups in total. The highest BCUT2D eigenvalue weighted by molar-refractivity contribution is 5.86. The Kier molecular flexibility index (Phi) is 2.57. The van der Waals surface area contributed by atoms with E-state index in [-0.39, 0.29) is 5.41 Å². The third kappa shape index (κ3) is 1.69. The van der Waals surface area contributed by atoms with Gasteiger partial charge in [-0.3, -0.25) is 4.79 Å². The molecule has 0 aliphatic heterocycles. The number of carbonyl (C=O) groups excluding carboxylic acids is 1. The highest BCUT2D eigenvalue weighted by Crippen LogP contribution is 2.41. The van der Waals surface area contributed by atoms with Crippen molar-refractivity contribution in [1.82, 2.24) is 0 Å². The fourth-order valence-corrected chi connectivity index (χ4v) is 2.11. The van der Waals surface area contributed by atoms with E-state index in [2.05, 4.69) is 19.8 Å². The van der Waals surface area contributed by atoms with Gasteiger partial charge in [-0.2, -0.15) is 0 Å². The predicted molar refractivity (Wildman–Crippen MR) is 49.6 cm³/mol. The maximum Gasteiger partial charge on any atom is 0.139 e. The van der Waals surface area contributed by atoms with Gasteiger partial charge in [0.25, 0.3) is 0 Å². The van der Waals surface area contributed by atoms with Crippen molar-refractivity contribution in [3.05, 3.63) is 0 Å². The molecule has 1 fully saturated rings. The Bertz CT molecular complexity index is 224. The number of carbonyl (C=O) groups is 1. The lowest BCUT2D eigenvalue weighted by Crippen LogP contribution is -2.20. The highest BCUT2D eigenvalue weighted by atomic mass is 16.1. The van der Waals surface area contributed by atoms with Gasteiger partial charge < -0.3 is 0 Å². The van der Waals surface area contributed by atoms with Gasteiger partial charge in [0, 0.05) is 18.3 Å². The first-order chi connectivity index (χ1) is 5.58. The lowest BCUT2D eigenvalue weighted by Gasteiger charge is -2.20. The normalized spacial score (nSPS) is 35.1. The van der Waals surface area contributed by atoms with Crippen LogP contribution in [0.25, 0.3) is 0 Å². The van der Waals surface area contributed by atoms with Gasteiger partial charge in [-0.05, 0) is 18.8 Å². The van der Waals surface area contributed by atoms with Crippen LogP contribution in [0, 0.1) is 23.7 Å². The van der Waals surface area contributed by atoms with Crippen LogP contribution in [0.4, 0.5) is 0 Å². The Balaban J connectivity index is 2.59. The van der Waals surface area contributed by atoms with Gasteiger partial charge in [-0.1, -0.05) is 13.8 Å². The second-order valence-electron chi connectivity index (χ2n) is 4.20. The Morgan fingerprint density at radius 1 is 1.75 bits per heavy atom. The van der Waals surface area contributed by atoms with Gasteiger partial charge in [-0.15, -0.1) is 12.3 Å². The molecule has 1 aliphatic rings. The Morgan fingerprint density at radius 3 is 2.83 bits per heavy atom. The van der Waals surface area contributed by atoms with Crippen molar-refractivity contribution in [3.8, 4) is 12.3 Å². The van der Waals surface area contributed by atoms with Crippen LogP contribution in [0.5, 0.6) is 0 Å². The molecule has 1 nitrogen and oxygen atoms in total. The summed E-state index contributed by atoms with van der Waals surface area (Å²) in [5, 5.41) is 0. The van der Waals surface area contributed by atoms with Crippen LogP contribution in [-0.2, 0) is 4.79 Å². The molecule has 0 saturated heterocycles. The van der Waals surface area contributed by atoms with Crippen molar-refractivity contribution in [2.75, 3.05) is 0 Å². The first kappa shape index (κ1) is 9.32. The predicted octanol–water partition coefficient (Wildman–Crippen LogP) is 2.41. The van der Waals surface area contributed by atoms with E-state index in [9.17, 15) is 4.79 Å². The molecule has 2 atom stereocenters. The Morgan fingerprint density at radius 2 is 2.42 bits per heavy atom. The first-order valence-corrected chi connectivity index (χ1v) is 4.55. The van der Waals surface area contributed by atoms with E-state index in [0.29, 0.717) is 11.7 Å². The van der Waals surface area contributed by atoms with Crippen molar-refractivity contribution in [2.24, 2.45) is 11.3 Å². The highest BCUT2D eigenvalue weighted by Gasteiger charge is 2.40. The Labute approximate surface area is 74.5 Å². The van der Waals surface area contributed by atoms with E-state index in [1.807, 2.05) is 0 Å². The molecule has 0 spiro atoms. The standard InChI is InChI=1S/C11H16O/c1-4-5-6-11(3)8-9(2)7-10(11)12/h1,9H,5-8H2,2-3H3/t9-,11+/m1/s1. The number of Topliss-reactive ketones (excluding diaryl/α,β-unsaturated/α-hetero) is 1. The monoisotopic (exact) mass is 164 g/mol. The number of terminal acetylenes is 1. The molecule has 1 saturated carbocycles. The van der Waals surface area contributed by atoms with Crippen molar-refractivity contribution >= 4 is 5.78 Å². The Hall–Kier alpha value is -0.770. The molecule has 0 aromatic carbocycles. The van der Waals surface area contributed by atoms with Crippen LogP contribution < -0.4 is 0 Å². The average molecular weight is 164 g/mol. The molecular weight excluding hydrogens is 148 g/mol. The minimum Gasteiger partial charge on any atom is -0.299 e. The van der Waals surface area contributed by atoms with E-state index in [4.69, 9.17) is 6.42 Å². The summed E-state index contributed by atoms with van der Waals surface area (Å²) in [6.07, 6.45) is 8.56. The minimum atomic E-state index is -0.105. The van der Waals surface area contributed by atoms with Crippen LogP contribution >= 0.6 is 0 Å². The summed E-state index contributed by atoms with van der Waals surface area (Å²) in [7, 11) is 0. The molecule has 0 amide bonds. The van der Waals surface area contributed by atoms with Gasteiger partial charge in [0.15, 0.2) is 0 Å². The molecule has 0 aromatic rings. The summed E-state index contributed by atoms with van der Waals surface area (Å²) in [4.78, 5) is 11.5. The average Bonchev–Trinajstić information content (AvgIpc) is 2.23. The molecule has 0 bridgehead atoms. The largest absolute Gasteiger partial charge is 0.299 e. The van der Waals surface area contributed by atoms with Crippen molar-refractivity contribution in [1.29, 1.82) is 0 Å². The molecule has 0 radical (unpaired) electrons. The van der Waals surface area contributed by atoms with Crippen LogP contribution in [0.1, 0.15) is 39.5 Å². The summed E-state index contributed by atoms with van der Waals surface area (Å²) in [6, 6.07) is 0. The maximum absolute atomic E-state index is 11.5. The fraction of sp³-hybridized carbons (Fsp3) is 0.727. The molecule has 1 aliphatic carbocycles. The second kappa shape index (κ2) is 3.31. The van der Waals surface area contributed by atoms with E-state index >= 15 is 0 Å². The van der Waals surface area contributed by atoms with Crippen molar-refractivity contribution in [2.45, 2.75) is 39.5 Å². The van der Waals surface area contributed by atoms with Crippen LogP contribution in [0.15, 0.2) is 0 Å². The second-order valence-corrected chi connectivity index (χ2v) is 4.20. The van der Waals surface area contributed by atoms with Gasteiger partial charge in [0.2, 0.25) is 0 Å². The van der Waals surface area contributed by atoms with E-state index in [1.165, 1.54) is 0 Å². The summed E-state index contributed by atoms with van der Waals surface area (Å²) >= 11 is 0. The van der Waals surface area contributed by atoms with Gasteiger partial charge in [-0.25, -0.2) is 0 Å². The minimum absolute atomic E-state index is 0.105. The topological polar surface area (TPSA) is 17.1 Å². The van der Waals surface area contributed by atoms with Gasteiger partial charge >= 0.3 is 0 Å². The molecule has 0 heterocycles. The third-order valence-corrected chi connectivity index (χ3v) is 2.83. The zero-order chi connectivity index (χ0) is 9.19. The van der Waals surface area contributed by atoms with Gasteiger partial charge in [0.05, 0.1) is 0 Å². The number of ketones is 1. The summed E-state index contributed by atoms with van der Waals surface area (Å²) in [6.45, 7) is 4.19. The lowest BCUT2D eigenvalue weighted by atomic mass is 9.82. The molecular formula is C11H16O.